The molecule has 3 heterocycles. The number of rotatable bonds is 4. The summed E-state index contributed by atoms with van der Waals surface area (Å²) in [4.78, 5) is 12.3. The number of aromatic nitrogens is 3. The van der Waals surface area contributed by atoms with Crippen molar-refractivity contribution in [1.82, 2.24) is 19.4 Å². The van der Waals surface area contributed by atoms with Crippen molar-refractivity contribution in [2.75, 3.05) is 6.54 Å². The van der Waals surface area contributed by atoms with Crippen LogP contribution in [0.5, 0.6) is 5.75 Å². The first kappa shape index (κ1) is 20.3. The number of benzene rings is 1. The van der Waals surface area contributed by atoms with Gasteiger partial charge in [0, 0.05) is 72.6 Å². The lowest BCUT2D eigenvalue weighted by Crippen LogP contribution is -2.31. The van der Waals surface area contributed by atoms with Crippen molar-refractivity contribution in [2.45, 2.75) is 71.4 Å². The van der Waals surface area contributed by atoms with Crippen molar-refractivity contribution in [3.8, 4) is 11.4 Å². The van der Waals surface area contributed by atoms with Crippen molar-refractivity contribution < 1.29 is 5.11 Å². The average molecular weight is 417 g/mol. The molecule has 0 unspecified atom stereocenters. The summed E-state index contributed by atoms with van der Waals surface area (Å²) in [5.41, 5.74) is 7.32. The molecule has 1 aliphatic heterocycles. The van der Waals surface area contributed by atoms with Gasteiger partial charge >= 0.3 is 0 Å². The van der Waals surface area contributed by atoms with Crippen molar-refractivity contribution in [2.24, 2.45) is 0 Å². The molecule has 2 aromatic heterocycles. The highest BCUT2D eigenvalue weighted by atomic mass is 16.3. The van der Waals surface area contributed by atoms with E-state index in [9.17, 15) is 5.11 Å². The molecule has 0 saturated heterocycles. The molecule has 162 valence electrons. The van der Waals surface area contributed by atoms with E-state index in [2.05, 4.69) is 35.6 Å². The molecule has 3 aromatic rings. The Labute approximate surface area is 184 Å². The number of nitrogens with zero attached hydrogens (tertiary/aromatic N) is 4. The number of phenols is 1. The number of fused-ring (bicyclic) bond motifs is 1. The van der Waals surface area contributed by atoms with Crippen LogP contribution in [0.25, 0.3) is 5.69 Å². The molecule has 31 heavy (non-hydrogen) atoms. The average Bonchev–Trinajstić information content (AvgIpc) is 3.06. The van der Waals surface area contributed by atoms with Crippen LogP contribution in [-0.4, -0.2) is 31.1 Å². The number of aromatic hydroxyl groups is 1. The molecule has 1 N–H and O–H groups in total. The highest BCUT2D eigenvalue weighted by Crippen LogP contribution is 2.32. The lowest BCUT2D eigenvalue weighted by atomic mass is 9.88. The maximum atomic E-state index is 9.89. The van der Waals surface area contributed by atoms with Gasteiger partial charge in [-0.05, 0) is 50.5 Å². The smallest absolute Gasteiger partial charge is 0.131 e. The second-order valence-electron chi connectivity index (χ2n) is 9.25. The summed E-state index contributed by atoms with van der Waals surface area (Å²) in [6.07, 6.45) is 9.60. The van der Waals surface area contributed by atoms with Gasteiger partial charge in [-0.15, -0.1) is 0 Å². The molecule has 5 nitrogen and oxygen atoms in total. The fourth-order valence-corrected chi connectivity index (χ4v) is 5.34. The van der Waals surface area contributed by atoms with Gasteiger partial charge in [0.1, 0.15) is 11.6 Å². The minimum Gasteiger partial charge on any atom is -0.508 e. The molecule has 1 aliphatic carbocycles. The van der Waals surface area contributed by atoms with E-state index >= 15 is 0 Å². The lowest BCUT2D eigenvalue weighted by molar-refractivity contribution is 0.241. The molecule has 2 aliphatic rings. The first-order valence-corrected chi connectivity index (χ1v) is 11.6. The van der Waals surface area contributed by atoms with Crippen LogP contribution < -0.4 is 0 Å². The summed E-state index contributed by atoms with van der Waals surface area (Å²) >= 11 is 0. The quantitative estimate of drug-likeness (QED) is 0.635. The third-order valence-corrected chi connectivity index (χ3v) is 7.02. The van der Waals surface area contributed by atoms with Gasteiger partial charge in [-0.1, -0.05) is 25.3 Å². The molecule has 5 heteroatoms. The Kier molecular flexibility index (Phi) is 5.53. The Morgan fingerprint density at radius 3 is 2.74 bits per heavy atom. The van der Waals surface area contributed by atoms with Crippen LogP contribution in [-0.2, 0) is 19.5 Å². The molecular formula is C26H32N4O. The first-order valence-electron chi connectivity index (χ1n) is 11.6. The zero-order chi connectivity index (χ0) is 21.4. The van der Waals surface area contributed by atoms with Crippen molar-refractivity contribution in [3.63, 3.8) is 0 Å². The Bertz CT molecular complexity index is 1080. The van der Waals surface area contributed by atoms with E-state index in [1.807, 2.05) is 18.2 Å². The van der Waals surface area contributed by atoms with Crippen LogP contribution in [0.1, 0.15) is 72.1 Å². The third kappa shape index (κ3) is 4.11. The molecule has 5 rings (SSSR count). The van der Waals surface area contributed by atoms with Gasteiger partial charge in [0.25, 0.3) is 0 Å². The summed E-state index contributed by atoms with van der Waals surface area (Å²) < 4.78 is 2.23. The van der Waals surface area contributed by atoms with Crippen molar-refractivity contribution >= 4 is 0 Å². The lowest BCUT2D eigenvalue weighted by Gasteiger charge is -2.29. The molecule has 1 saturated carbocycles. The Balaban J connectivity index is 1.32. The predicted octanol–water partition coefficient (Wildman–Crippen LogP) is 5.20. The van der Waals surface area contributed by atoms with E-state index in [1.54, 1.807) is 6.07 Å². The summed E-state index contributed by atoms with van der Waals surface area (Å²) in [6.45, 7) is 7.17. The molecule has 0 bridgehead atoms. The monoisotopic (exact) mass is 416 g/mol. The van der Waals surface area contributed by atoms with Gasteiger partial charge in [-0.2, -0.15) is 0 Å². The van der Waals surface area contributed by atoms with Crippen LogP contribution in [0, 0.1) is 13.8 Å². The maximum Gasteiger partial charge on any atom is 0.131 e. The molecule has 0 spiro atoms. The van der Waals surface area contributed by atoms with E-state index in [4.69, 9.17) is 9.97 Å². The second kappa shape index (κ2) is 8.46. The summed E-state index contributed by atoms with van der Waals surface area (Å²) in [7, 11) is 0. The summed E-state index contributed by atoms with van der Waals surface area (Å²) in [5.74, 6) is 1.95. The van der Waals surface area contributed by atoms with Gasteiger partial charge in [0.05, 0.1) is 0 Å². The normalized spacial score (nSPS) is 17.6. The standard InChI is InChI=1S/C26H32N4O/c1-18-13-21(19(2)30(18)23-9-6-10-24(31)14-23)16-29-12-11-25-22(17-29)15-27-26(28-25)20-7-4-3-5-8-20/h6,9-10,13-15,20,31H,3-5,7-8,11-12,16-17H2,1-2H3. The van der Waals surface area contributed by atoms with Gasteiger partial charge < -0.3 is 9.67 Å². The van der Waals surface area contributed by atoms with Gasteiger partial charge in [0.15, 0.2) is 0 Å². The predicted molar refractivity (Wildman–Crippen MR) is 123 cm³/mol. The van der Waals surface area contributed by atoms with Crippen LogP contribution in [0.4, 0.5) is 0 Å². The van der Waals surface area contributed by atoms with E-state index in [1.165, 1.54) is 60.3 Å². The first-order chi connectivity index (χ1) is 15.1. The summed E-state index contributed by atoms with van der Waals surface area (Å²) in [5, 5.41) is 9.89. The van der Waals surface area contributed by atoms with Crippen LogP contribution >= 0.6 is 0 Å². The number of hydrogen-bond donors (Lipinski definition) is 1. The fraction of sp³-hybridized carbons (Fsp3) is 0.462. The van der Waals surface area contributed by atoms with Gasteiger partial charge in [0.2, 0.25) is 0 Å². The van der Waals surface area contributed by atoms with Crippen LogP contribution in [0.2, 0.25) is 0 Å². The molecule has 1 aromatic carbocycles. The highest BCUT2D eigenvalue weighted by molar-refractivity contribution is 5.44. The number of aryl methyl sites for hydroxylation is 1. The van der Waals surface area contributed by atoms with Crippen molar-refractivity contribution in [1.29, 1.82) is 0 Å². The van der Waals surface area contributed by atoms with E-state index < -0.39 is 0 Å². The molecule has 0 atom stereocenters. The third-order valence-electron chi connectivity index (χ3n) is 7.02. The Morgan fingerprint density at radius 2 is 1.94 bits per heavy atom. The Hall–Kier alpha value is -2.66. The molecular weight excluding hydrogens is 384 g/mol. The van der Waals surface area contributed by atoms with Gasteiger partial charge in [-0.3, -0.25) is 4.90 Å². The summed E-state index contributed by atoms with van der Waals surface area (Å²) in [6, 6.07) is 9.75. The topological polar surface area (TPSA) is 54.2 Å². The largest absolute Gasteiger partial charge is 0.508 e. The van der Waals surface area contributed by atoms with Crippen LogP contribution in [0.3, 0.4) is 0 Å². The minimum atomic E-state index is 0.298. The maximum absolute atomic E-state index is 9.89. The zero-order valence-electron chi connectivity index (χ0n) is 18.6. The number of hydrogen-bond acceptors (Lipinski definition) is 4. The SMILES string of the molecule is Cc1cc(CN2CCc3nc(C4CCCCC4)ncc3C2)c(C)n1-c1cccc(O)c1. The number of phenolic OH excluding ortho intramolecular Hbond substituents is 1. The Morgan fingerprint density at radius 1 is 1.10 bits per heavy atom. The van der Waals surface area contributed by atoms with E-state index in [-0.39, 0.29) is 0 Å². The van der Waals surface area contributed by atoms with Crippen molar-refractivity contribution in [3.05, 3.63) is 70.6 Å². The van der Waals surface area contributed by atoms with E-state index in [0.29, 0.717) is 11.7 Å². The van der Waals surface area contributed by atoms with Crippen LogP contribution in [0.15, 0.2) is 36.5 Å². The van der Waals surface area contributed by atoms with Gasteiger partial charge in [-0.25, -0.2) is 9.97 Å². The zero-order valence-corrected chi connectivity index (χ0v) is 18.6. The molecule has 0 amide bonds. The highest BCUT2D eigenvalue weighted by Gasteiger charge is 2.23. The minimum absolute atomic E-state index is 0.298. The van der Waals surface area contributed by atoms with E-state index in [0.717, 1.165) is 37.6 Å². The fourth-order valence-electron chi connectivity index (χ4n) is 5.34. The molecule has 1 fully saturated rings. The molecule has 0 radical (unpaired) electrons. The second-order valence-corrected chi connectivity index (χ2v) is 9.25.